The van der Waals surface area contributed by atoms with E-state index in [1.165, 1.54) is 0 Å². The standard InChI is InChI=1S/C12H17NO2/c1-12-5-2-9(14)8-4-7-13(11(8)12)10(15)3-6-12/h8,11H,2-7H2,1H3/t8-,11-,12+/m0/s1. The number of piperidine rings is 1. The highest BCUT2D eigenvalue weighted by atomic mass is 16.2. The van der Waals surface area contributed by atoms with Crippen molar-refractivity contribution in [2.45, 2.75) is 45.1 Å². The van der Waals surface area contributed by atoms with Crippen LogP contribution in [-0.2, 0) is 9.59 Å². The first-order valence-corrected chi connectivity index (χ1v) is 5.94. The molecule has 0 bridgehead atoms. The summed E-state index contributed by atoms with van der Waals surface area (Å²) in [6, 6.07) is 0.236. The highest BCUT2D eigenvalue weighted by molar-refractivity contribution is 5.86. The largest absolute Gasteiger partial charge is 0.338 e. The summed E-state index contributed by atoms with van der Waals surface area (Å²) in [5.41, 5.74) is 0.225. The monoisotopic (exact) mass is 207 g/mol. The summed E-state index contributed by atoms with van der Waals surface area (Å²) in [4.78, 5) is 25.6. The van der Waals surface area contributed by atoms with Crippen molar-refractivity contribution in [2.24, 2.45) is 11.3 Å². The van der Waals surface area contributed by atoms with Crippen LogP contribution in [0.5, 0.6) is 0 Å². The Bertz CT molecular complexity index is 309. The topological polar surface area (TPSA) is 37.4 Å². The lowest BCUT2D eigenvalue weighted by Gasteiger charge is -2.49. The molecule has 0 radical (unpaired) electrons. The molecule has 1 aliphatic carbocycles. The van der Waals surface area contributed by atoms with E-state index in [9.17, 15) is 9.59 Å². The number of carbonyl (C=O) groups is 2. The van der Waals surface area contributed by atoms with Gasteiger partial charge in [-0.05, 0) is 24.7 Å². The first-order valence-electron chi connectivity index (χ1n) is 5.94. The van der Waals surface area contributed by atoms with Crippen molar-refractivity contribution in [3.05, 3.63) is 0 Å². The van der Waals surface area contributed by atoms with Gasteiger partial charge in [0.25, 0.3) is 0 Å². The summed E-state index contributed by atoms with van der Waals surface area (Å²) in [6.45, 7) is 3.08. The van der Waals surface area contributed by atoms with Gasteiger partial charge in [0, 0.05) is 31.3 Å². The Morgan fingerprint density at radius 1 is 1.27 bits per heavy atom. The molecule has 2 aliphatic heterocycles. The van der Waals surface area contributed by atoms with Crippen LogP contribution in [0.2, 0.25) is 0 Å². The molecule has 3 aliphatic rings. The average Bonchev–Trinajstić information content (AvgIpc) is 2.66. The molecule has 3 nitrogen and oxygen atoms in total. The van der Waals surface area contributed by atoms with Crippen molar-refractivity contribution in [2.75, 3.05) is 6.54 Å². The molecule has 3 heteroatoms. The van der Waals surface area contributed by atoms with Gasteiger partial charge < -0.3 is 4.90 Å². The molecule has 3 atom stereocenters. The van der Waals surface area contributed by atoms with E-state index in [1.54, 1.807) is 0 Å². The third-order valence-electron chi connectivity index (χ3n) is 4.70. The van der Waals surface area contributed by atoms with E-state index in [0.29, 0.717) is 12.2 Å². The van der Waals surface area contributed by atoms with Crippen LogP contribution in [0.3, 0.4) is 0 Å². The number of rotatable bonds is 0. The Balaban J connectivity index is 2.01. The molecular formula is C12H17NO2. The SMILES string of the molecule is C[C@@]12CCC(=O)[C@@H]3CCN(C(=O)CC1)[C@@H]32. The van der Waals surface area contributed by atoms with Gasteiger partial charge in [0.1, 0.15) is 5.78 Å². The van der Waals surface area contributed by atoms with E-state index in [0.717, 1.165) is 32.2 Å². The van der Waals surface area contributed by atoms with Gasteiger partial charge in [0.15, 0.2) is 0 Å². The third kappa shape index (κ3) is 1.12. The minimum Gasteiger partial charge on any atom is -0.338 e. The molecule has 3 rings (SSSR count). The zero-order valence-corrected chi connectivity index (χ0v) is 9.16. The molecule has 82 valence electrons. The summed E-state index contributed by atoms with van der Waals surface area (Å²) < 4.78 is 0. The van der Waals surface area contributed by atoms with Gasteiger partial charge >= 0.3 is 0 Å². The molecule has 2 heterocycles. The van der Waals surface area contributed by atoms with E-state index in [2.05, 4.69) is 6.92 Å². The number of nitrogens with zero attached hydrogens (tertiary/aromatic N) is 1. The molecule has 3 fully saturated rings. The lowest BCUT2D eigenvalue weighted by atomic mass is 9.63. The summed E-state index contributed by atoms with van der Waals surface area (Å²) in [7, 11) is 0. The van der Waals surface area contributed by atoms with Gasteiger partial charge in [0.2, 0.25) is 5.91 Å². The van der Waals surface area contributed by atoms with Crippen LogP contribution in [0.1, 0.15) is 39.0 Å². The van der Waals surface area contributed by atoms with E-state index >= 15 is 0 Å². The van der Waals surface area contributed by atoms with Gasteiger partial charge in [-0.2, -0.15) is 0 Å². The first-order chi connectivity index (χ1) is 7.12. The van der Waals surface area contributed by atoms with E-state index in [1.807, 2.05) is 4.90 Å². The van der Waals surface area contributed by atoms with E-state index in [4.69, 9.17) is 0 Å². The van der Waals surface area contributed by atoms with Crippen LogP contribution in [0.4, 0.5) is 0 Å². The smallest absolute Gasteiger partial charge is 0.222 e. The fraction of sp³-hybridized carbons (Fsp3) is 0.833. The Kier molecular flexibility index (Phi) is 1.77. The van der Waals surface area contributed by atoms with Crippen molar-refractivity contribution < 1.29 is 9.59 Å². The van der Waals surface area contributed by atoms with Gasteiger partial charge in [-0.15, -0.1) is 0 Å². The number of Topliss-reactive ketones (excluding diaryl/α,β-unsaturated/α-hetero) is 1. The highest BCUT2D eigenvalue weighted by Crippen LogP contribution is 2.50. The molecular weight excluding hydrogens is 190 g/mol. The maximum atomic E-state index is 11.8. The maximum absolute atomic E-state index is 11.8. The van der Waals surface area contributed by atoms with Crippen molar-refractivity contribution in [3.8, 4) is 0 Å². The van der Waals surface area contributed by atoms with Gasteiger partial charge in [-0.3, -0.25) is 9.59 Å². The fourth-order valence-corrected chi connectivity index (χ4v) is 3.82. The zero-order chi connectivity index (χ0) is 10.6. The maximum Gasteiger partial charge on any atom is 0.222 e. The number of amides is 1. The number of hydrogen-bond donors (Lipinski definition) is 0. The molecule has 1 saturated carbocycles. The van der Waals surface area contributed by atoms with Crippen molar-refractivity contribution >= 4 is 11.7 Å². The predicted octanol–water partition coefficient (Wildman–Crippen LogP) is 1.37. The zero-order valence-electron chi connectivity index (χ0n) is 9.16. The van der Waals surface area contributed by atoms with Gasteiger partial charge in [-0.25, -0.2) is 0 Å². The lowest BCUT2D eigenvalue weighted by Crippen LogP contribution is -2.56. The quantitative estimate of drug-likeness (QED) is 0.601. The molecule has 2 saturated heterocycles. The van der Waals surface area contributed by atoms with Gasteiger partial charge in [-0.1, -0.05) is 6.92 Å². The molecule has 0 aromatic heterocycles. The fourth-order valence-electron chi connectivity index (χ4n) is 3.82. The van der Waals surface area contributed by atoms with E-state index in [-0.39, 0.29) is 23.3 Å². The summed E-state index contributed by atoms with van der Waals surface area (Å²) in [5.74, 6) is 0.831. The predicted molar refractivity (Wildman–Crippen MR) is 55.2 cm³/mol. The molecule has 0 aromatic rings. The molecule has 0 aromatic carbocycles. The second-order valence-electron chi connectivity index (χ2n) is 5.55. The molecule has 0 N–H and O–H groups in total. The molecule has 15 heavy (non-hydrogen) atoms. The average molecular weight is 207 g/mol. The van der Waals surface area contributed by atoms with Crippen LogP contribution in [-0.4, -0.2) is 29.2 Å². The first kappa shape index (κ1) is 9.37. The second kappa shape index (κ2) is 2.83. The molecule has 1 amide bonds. The number of hydrogen-bond acceptors (Lipinski definition) is 2. The summed E-state index contributed by atoms with van der Waals surface area (Å²) in [5, 5.41) is 0. The Morgan fingerprint density at radius 3 is 2.80 bits per heavy atom. The van der Waals surface area contributed by atoms with Crippen molar-refractivity contribution in [3.63, 3.8) is 0 Å². The minimum absolute atomic E-state index is 0.160. The van der Waals surface area contributed by atoms with Crippen LogP contribution >= 0.6 is 0 Å². The normalized spacial score (nSPS) is 44.5. The lowest BCUT2D eigenvalue weighted by molar-refractivity contribution is -0.146. The van der Waals surface area contributed by atoms with E-state index < -0.39 is 0 Å². The van der Waals surface area contributed by atoms with Crippen molar-refractivity contribution in [1.29, 1.82) is 0 Å². The van der Waals surface area contributed by atoms with Crippen molar-refractivity contribution in [1.82, 2.24) is 4.90 Å². The number of carbonyl (C=O) groups excluding carboxylic acids is 2. The summed E-state index contributed by atoms with van der Waals surface area (Å²) >= 11 is 0. The Morgan fingerprint density at radius 2 is 2.00 bits per heavy atom. The second-order valence-corrected chi connectivity index (χ2v) is 5.55. The molecule has 0 spiro atoms. The van der Waals surface area contributed by atoms with Crippen LogP contribution in [0.15, 0.2) is 0 Å². The highest BCUT2D eigenvalue weighted by Gasteiger charge is 2.55. The summed E-state index contributed by atoms with van der Waals surface area (Å²) in [6.07, 6.45) is 4.30. The van der Waals surface area contributed by atoms with Crippen LogP contribution < -0.4 is 0 Å². The van der Waals surface area contributed by atoms with Gasteiger partial charge in [0.05, 0.1) is 0 Å². The van der Waals surface area contributed by atoms with Crippen LogP contribution in [0.25, 0.3) is 0 Å². The minimum atomic E-state index is 0.160. The number of ketones is 1. The Hall–Kier alpha value is -0.860. The Labute approximate surface area is 89.8 Å². The third-order valence-corrected chi connectivity index (χ3v) is 4.70. The van der Waals surface area contributed by atoms with Crippen LogP contribution in [0, 0.1) is 11.3 Å². The molecule has 0 unspecified atom stereocenters.